The van der Waals surface area contributed by atoms with Crippen LogP contribution in [-0.2, 0) is 0 Å². The normalized spacial score (nSPS) is 22.4. The number of rotatable bonds is 3. The van der Waals surface area contributed by atoms with Crippen LogP contribution in [0.1, 0.15) is 61.1 Å². The number of benzene rings is 1. The second-order valence-electron chi connectivity index (χ2n) is 10.2. The summed E-state index contributed by atoms with van der Waals surface area (Å²) in [5, 5.41) is 1.35. The maximum Gasteiger partial charge on any atom is 0.260 e. The molecular weight excluding hydrogens is 458 g/mol. The van der Waals surface area contributed by atoms with Crippen molar-refractivity contribution in [2.45, 2.75) is 39.7 Å². The predicted molar refractivity (Wildman–Crippen MR) is 152 cm³/mol. The molecule has 0 radical (unpaired) electrons. The summed E-state index contributed by atoms with van der Waals surface area (Å²) >= 11 is 0. The Bertz CT molecular complexity index is 1780. The van der Waals surface area contributed by atoms with Gasteiger partial charge in [0.25, 0.3) is 5.56 Å². The number of aromatic nitrogens is 1. The average Bonchev–Trinajstić information content (AvgIpc) is 3.35. The molecule has 0 N–H and O–H groups in total. The number of hydrogen-bond acceptors (Lipinski definition) is 4. The molecule has 2 unspecified atom stereocenters. The Morgan fingerprint density at radius 3 is 2.68 bits per heavy atom. The minimum atomic E-state index is -0.369. The summed E-state index contributed by atoms with van der Waals surface area (Å²) in [4.78, 5) is 37.2. The maximum absolute atomic E-state index is 13.8. The molecule has 4 aliphatic rings. The fourth-order valence-electron chi connectivity index (χ4n) is 5.96. The van der Waals surface area contributed by atoms with E-state index in [1.54, 1.807) is 28.9 Å². The quantitative estimate of drug-likeness (QED) is 0.445. The first-order valence-electron chi connectivity index (χ1n) is 12.4. The van der Waals surface area contributed by atoms with E-state index in [0.29, 0.717) is 16.8 Å². The molecule has 0 amide bonds. The van der Waals surface area contributed by atoms with Crippen LogP contribution >= 0.6 is 0 Å². The van der Waals surface area contributed by atoms with Crippen molar-refractivity contribution in [2.75, 3.05) is 0 Å². The van der Waals surface area contributed by atoms with Crippen molar-refractivity contribution in [3.8, 4) is 0 Å². The number of aliphatic imine (C=N–C) groups is 2. The fourth-order valence-corrected chi connectivity index (χ4v) is 5.96. The molecule has 1 aromatic heterocycles. The van der Waals surface area contributed by atoms with Gasteiger partial charge in [0.1, 0.15) is 5.82 Å². The van der Waals surface area contributed by atoms with E-state index in [2.05, 4.69) is 19.2 Å². The zero-order chi connectivity index (χ0) is 26.2. The lowest BCUT2D eigenvalue weighted by atomic mass is 9.87. The average molecular weight is 486 g/mol. The number of pyridine rings is 1. The predicted octanol–water partition coefficient (Wildman–Crippen LogP) is 6.87. The van der Waals surface area contributed by atoms with E-state index in [0.717, 1.165) is 55.9 Å². The van der Waals surface area contributed by atoms with E-state index in [4.69, 9.17) is 9.98 Å². The van der Waals surface area contributed by atoms with Crippen LogP contribution in [0.4, 0.5) is 5.82 Å². The van der Waals surface area contributed by atoms with Crippen molar-refractivity contribution < 1.29 is 4.79 Å². The first-order chi connectivity index (χ1) is 17.7. The van der Waals surface area contributed by atoms with Gasteiger partial charge in [0.15, 0.2) is 5.78 Å². The van der Waals surface area contributed by atoms with Gasteiger partial charge >= 0.3 is 0 Å². The number of allylic oxidation sites excluding steroid dienone is 11. The molecule has 5 heteroatoms. The molecule has 2 heterocycles. The topological polar surface area (TPSA) is 63.8 Å². The molecule has 0 fully saturated rings. The van der Waals surface area contributed by atoms with E-state index in [-0.39, 0.29) is 23.3 Å². The zero-order valence-electron chi connectivity index (χ0n) is 21.4. The Morgan fingerprint density at radius 2 is 1.95 bits per heavy atom. The van der Waals surface area contributed by atoms with Crippen LogP contribution in [0.2, 0.25) is 0 Å². The number of fused-ring (bicyclic) bond motifs is 4. The molecular formula is C32H27N3O2. The minimum Gasteiger partial charge on any atom is -0.289 e. The van der Waals surface area contributed by atoms with Crippen LogP contribution in [0, 0.1) is 0 Å². The van der Waals surface area contributed by atoms with Crippen LogP contribution in [0.3, 0.4) is 0 Å². The van der Waals surface area contributed by atoms with Crippen LogP contribution in [0.15, 0.2) is 105 Å². The summed E-state index contributed by atoms with van der Waals surface area (Å²) in [7, 11) is 0. The SMILES string of the molecule is C=C/C(N=C1C(C)=CC(=O)c2ccc3c(=O)n4c(c5c3c2C1C5=C)N=C1C=CC=CC14)=C(/C)C=C(C)C. The molecule has 37 heavy (non-hydrogen) atoms. The third-order valence-corrected chi connectivity index (χ3v) is 7.48. The Kier molecular flexibility index (Phi) is 5.02. The van der Waals surface area contributed by atoms with E-state index in [9.17, 15) is 9.59 Å². The van der Waals surface area contributed by atoms with E-state index < -0.39 is 0 Å². The Morgan fingerprint density at radius 1 is 1.16 bits per heavy atom. The maximum atomic E-state index is 13.8. The standard InChI is InChI=1S/C32H27N3O2/c1-7-22(17(4)14-16(2)3)33-30-18(5)15-25(36)20-12-13-21-29-27(19(6)26(30)28(20)29)31-34-23-10-8-9-11-24(23)35(31)32(21)37/h7-15,24,26H,1,6H2,2-5H3/b22-17+,33-30?. The summed E-state index contributed by atoms with van der Waals surface area (Å²) in [5.41, 5.74) is 8.13. The summed E-state index contributed by atoms with van der Waals surface area (Å²) < 4.78 is 1.76. The molecule has 1 aliphatic heterocycles. The van der Waals surface area contributed by atoms with Crippen LogP contribution in [0.5, 0.6) is 0 Å². The molecule has 2 aromatic rings. The van der Waals surface area contributed by atoms with Gasteiger partial charge in [0, 0.05) is 21.9 Å². The number of ketones is 1. The third-order valence-electron chi connectivity index (χ3n) is 7.48. The zero-order valence-corrected chi connectivity index (χ0v) is 21.4. The summed E-state index contributed by atoms with van der Waals surface area (Å²) in [5.74, 6) is 0.141. The van der Waals surface area contributed by atoms with Gasteiger partial charge in [-0.05, 0) is 80.3 Å². The first kappa shape index (κ1) is 23.0. The monoisotopic (exact) mass is 485 g/mol. The van der Waals surface area contributed by atoms with Gasteiger partial charge in [-0.15, -0.1) is 0 Å². The second kappa shape index (κ2) is 8.07. The van der Waals surface area contributed by atoms with Crippen LogP contribution in [-0.4, -0.2) is 21.8 Å². The highest BCUT2D eigenvalue weighted by Crippen LogP contribution is 2.53. The van der Waals surface area contributed by atoms with Crippen molar-refractivity contribution in [2.24, 2.45) is 9.98 Å². The number of hydrogen-bond donors (Lipinski definition) is 0. The van der Waals surface area contributed by atoms with Gasteiger partial charge < -0.3 is 0 Å². The van der Waals surface area contributed by atoms with Crippen molar-refractivity contribution in [1.29, 1.82) is 0 Å². The Hall–Kier alpha value is -4.38. The first-order valence-corrected chi connectivity index (χ1v) is 12.4. The molecule has 5 nitrogen and oxygen atoms in total. The molecule has 6 rings (SSSR count). The molecule has 182 valence electrons. The van der Waals surface area contributed by atoms with Gasteiger partial charge in [0.2, 0.25) is 0 Å². The van der Waals surface area contributed by atoms with Crippen molar-refractivity contribution in [3.05, 3.63) is 117 Å². The van der Waals surface area contributed by atoms with E-state index in [1.165, 1.54) is 0 Å². The lowest BCUT2D eigenvalue weighted by molar-refractivity contribution is 0.104. The molecule has 0 spiro atoms. The smallest absolute Gasteiger partial charge is 0.260 e. The van der Waals surface area contributed by atoms with Crippen LogP contribution < -0.4 is 5.56 Å². The molecule has 1 aromatic carbocycles. The molecule has 0 saturated heterocycles. The van der Waals surface area contributed by atoms with Crippen LogP contribution in [0.25, 0.3) is 16.3 Å². The Labute approximate surface area is 215 Å². The lowest BCUT2D eigenvalue weighted by Crippen LogP contribution is -2.25. The molecule has 2 atom stereocenters. The van der Waals surface area contributed by atoms with E-state index >= 15 is 0 Å². The minimum absolute atomic E-state index is 0.0955. The van der Waals surface area contributed by atoms with E-state index in [1.807, 2.05) is 52.0 Å². The highest BCUT2D eigenvalue weighted by Gasteiger charge is 2.42. The van der Waals surface area contributed by atoms with Crippen molar-refractivity contribution >= 4 is 39.4 Å². The summed E-state index contributed by atoms with van der Waals surface area (Å²) in [6, 6.07) is 3.32. The highest BCUT2D eigenvalue weighted by atomic mass is 16.1. The molecule has 3 aliphatic carbocycles. The second-order valence-corrected chi connectivity index (χ2v) is 10.2. The lowest BCUT2D eigenvalue weighted by Gasteiger charge is -2.18. The number of nitrogens with zero attached hydrogens (tertiary/aromatic N) is 3. The largest absolute Gasteiger partial charge is 0.289 e. The van der Waals surface area contributed by atoms with Gasteiger partial charge in [-0.25, -0.2) is 4.99 Å². The Balaban J connectivity index is 1.70. The highest BCUT2D eigenvalue weighted by molar-refractivity contribution is 6.27. The van der Waals surface area contributed by atoms with Crippen molar-refractivity contribution in [1.82, 2.24) is 4.57 Å². The van der Waals surface area contributed by atoms with Gasteiger partial charge in [-0.2, -0.15) is 0 Å². The fraction of sp³-hybridized carbons (Fsp3) is 0.188. The third kappa shape index (κ3) is 3.17. The van der Waals surface area contributed by atoms with Gasteiger partial charge in [0.05, 0.1) is 29.1 Å². The summed E-state index contributed by atoms with van der Waals surface area (Å²) in [6.07, 6.45) is 13.2. The number of carbonyl (C=O) groups excluding carboxylic acids is 1. The molecule has 0 bridgehead atoms. The summed E-state index contributed by atoms with van der Waals surface area (Å²) in [6.45, 7) is 16.5. The van der Waals surface area contributed by atoms with Crippen molar-refractivity contribution in [3.63, 3.8) is 0 Å². The van der Waals surface area contributed by atoms with Gasteiger partial charge in [-0.3, -0.25) is 19.1 Å². The van der Waals surface area contributed by atoms with Gasteiger partial charge in [-0.1, -0.05) is 43.0 Å². The number of carbonyl (C=O) groups is 1. The molecule has 0 saturated carbocycles.